The Balaban J connectivity index is 1.65. The van der Waals surface area contributed by atoms with E-state index in [1.807, 2.05) is 37.3 Å². The molecule has 3 rings (SSSR count). The molecule has 0 radical (unpaired) electrons. The number of hydrogen-bond acceptors (Lipinski definition) is 4. The van der Waals surface area contributed by atoms with Crippen LogP contribution in [0.5, 0.6) is 5.75 Å². The Hall–Kier alpha value is -3.64. The second-order valence-electron chi connectivity index (χ2n) is 7.05. The lowest BCUT2D eigenvalue weighted by Crippen LogP contribution is -2.39. The molecule has 1 atom stereocenters. The van der Waals surface area contributed by atoms with Gasteiger partial charge < -0.3 is 20.1 Å². The number of methoxy groups -OCH3 is 1. The number of anilines is 2. The summed E-state index contributed by atoms with van der Waals surface area (Å²) in [6.45, 7) is 4.22. The van der Waals surface area contributed by atoms with Gasteiger partial charge in [0, 0.05) is 24.0 Å². The Morgan fingerprint density at radius 1 is 0.839 bits per heavy atom. The van der Waals surface area contributed by atoms with Crippen LogP contribution in [0.25, 0.3) is 0 Å². The zero-order valence-corrected chi connectivity index (χ0v) is 17.8. The zero-order valence-electron chi connectivity index (χ0n) is 17.8. The summed E-state index contributed by atoms with van der Waals surface area (Å²) < 4.78 is 10.9. The molecular weight excluding hydrogens is 392 g/mol. The fourth-order valence-corrected chi connectivity index (χ4v) is 3.06. The van der Waals surface area contributed by atoms with Crippen molar-refractivity contribution in [1.29, 1.82) is 0 Å². The number of carbonyl (C=O) groups is 2. The van der Waals surface area contributed by atoms with Crippen molar-refractivity contribution in [2.75, 3.05) is 24.4 Å². The van der Waals surface area contributed by atoms with Crippen LogP contribution >= 0.6 is 0 Å². The molecule has 6 nitrogen and oxygen atoms in total. The van der Waals surface area contributed by atoms with Gasteiger partial charge >= 0.3 is 0 Å². The van der Waals surface area contributed by atoms with E-state index in [-0.39, 0.29) is 11.8 Å². The molecule has 3 aromatic rings. The predicted octanol–water partition coefficient (Wildman–Crippen LogP) is 4.84. The molecule has 31 heavy (non-hydrogen) atoms. The second-order valence-corrected chi connectivity index (χ2v) is 7.05. The molecule has 0 spiro atoms. The van der Waals surface area contributed by atoms with Crippen molar-refractivity contribution in [2.24, 2.45) is 0 Å². The van der Waals surface area contributed by atoms with Crippen LogP contribution in [-0.2, 0) is 15.1 Å². The van der Waals surface area contributed by atoms with Gasteiger partial charge in [-0.05, 0) is 67.9 Å². The van der Waals surface area contributed by atoms with Crippen molar-refractivity contribution in [3.8, 4) is 5.75 Å². The van der Waals surface area contributed by atoms with E-state index in [0.29, 0.717) is 23.5 Å². The van der Waals surface area contributed by atoms with Crippen LogP contribution in [0.3, 0.4) is 0 Å². The minimum atomic E-state index is -1.13. The molecule has 0 aliphatic rings. The first kappa shape index (κ1) is 22.1. The normalized spacial score (nSPS) is 12.5. The molecule has 160 valence electrons. The quantitative estimate of drug-likeness (QED) is 0.549. The van der Waals surface area contributed by atoms with Crippen LogP contribution in [0.1, 0.15) is 29.8 Å². The molecule has 0 aliphatic heterocycles. The van der Waals surface area contributed by atoms with Crippen molar-refractivity contribution < 1.29 is 19.1 Å². The molecule has 1 unspecified atom stereocenters. The fourth-order valence-electron chi connectivity index (χ4n) is 3.06. The Kier molecular flexibility index (Phi) is 7.05. The largest absolute Gasteiger partial charge is 0.494 e. The van der Waals surface area contributed by atoms with Gasteiger partial charge in [0.1, 0.15) is 5.75 Å². The monoisotopic (exact) mass is 418 g/mol. The molecule has 2 N–H and O–H groups in total. The van der Waals surface area contributed by atoms with Gasteiger partial charge in [-0.2, -0.15) is 0 Å². The highest BCUT2D eigenvalue weighted by molar-refractivity contribution is 6.05. The highest BCUT2D eigenvalue weighted by Crippen LogP contribution is 2.26. The summed E-state index contributed by atoms with van der Waals surface area (Å²) >= 11 is 0. The van der Waals surface area contributed by atoms with E-state index in [4.69, 9.17) is 9.47 Å². The molecule has 0 bridgehead atoms. The van der Waals surface area contributed by atoms with E-state index in [1.54, 1.807) is 55.5 Å². The average molecular weight is 418 g/mol. The lowest BCUT2D eigenvalue weighted by atomic mass is 9.94. The Bertz CT molecular complexity index is 1020. The maximum Gasteiger partial charge on any atom is 0.260 e. The number of benzene rings is 3. The Morgan fingerprint density at radius 3 is 2.00 bits per heavy atom. The van der Waals surface area contributed by atoms with Gasteiger partial charge in [0.2, 0.25) is 0 Å². The summed E-state index contributed by atoms with van der Waals surface area (Å²) in [5.41, 5.74) is 1.34. The number of amides is 2. The molecule has 0 heterocycles. The summed E-state index contributed by atoms with van der Waals surface area (Å²) in [7, 11) is 1.50. The molecule has 0 fully saturated rings. The van der Waals surface area contributed by atoms with Gasteiger partial charge in [-0.3, -0.25) is 9.59 Å². The molecule has 2 amide bonds. The van der Waals surface area contributed by atoms with Crippen LogP contribution in [-0.4, -0.2) is 25.5 Å². The number of hydrogen-bond donors (Lipinski definition) is 2. The van der Waals surface area contributed by atoms with Crippen LogP contribution in [0, 0.1) is 0 Å². The summed E-state index contributed by atoms with van der Waals surface area (Å²) in [5.74, 6) is 0.208. The van der Waals surface area contributed by atoms with Gasteiger partial charge in [0.15, 0.2) is 5.60 Å². The lowest BCUT2D eigenvalue weighted by molar-refractivity contribution is -0.136. The maximum atomic E-state index is 12.9. The Labute approximate surface area is 182 Å². The maximum absolute atomic E-state index is 12.9. The first-order valence-corrected chi connectivity index (χ1v) is 10.0. The molecule has 0 aliphatic carbocycles. The Morgan fingerprint density at radius 2 is 1.42 bits per heavy atom. The molecule has 0 saturated carbocycles. The summed E-state index contributed by atoms with van der Waals surface area (Å²) in [6, 6.07) is 23.2. The van der Waals surface area contributed by atoms with Crippen molar-refractivity contribution in [3.63, 3.8) is 0 Å². The van der Waals surface area contributed by atoms with Gasteiger partial charge in [0.25, 0.3) is 11.8 Å². The average Bonchev–Trinajstić information content (AvgIpc) is 2.81. The lowest BCUT2D eigenvalue weighted by Gasteiger charge is -2.27. The number of nitrogens with one attached hydrogen (secondary N) is 2. The number of carbonyl (C=O) groups excluding carboxylic acids is 2. The SMILES string of the molecule is CCOc1ccc(NC(=O)c2ccc(NC(=O)C(C)(OC)c3ccccc3)cc2)cc1. The standard InChI is InChI=1S/C25H26N2O4/c1-4-31-22-16-14-20(15-17-22)26-23(28)18-10-12-21(13-11-18)27-24(29)25(2,30-3)19-8-6-5-7-9-19/h5-17H,4H2,1-3H3,(H,26,28)(H,27,29). The summed E-state index contributed by atoms with van der Waals surface area (Å²) in [4.78, 5) is 25.4. The van der Waals surface area contributed by atoms with Crippen molar-refractivity contribution >= 4 is 23.2 Å². The summed E-state index contributed by atoms with van der Waals surface area (Å²) in [5, 5.41) is 5.70. The van der Waals surface area contributed by atoms with E-state index in [0.717, 1.165) is 11.3 Å². The van der Waals surface area contributed by atoms with E-state index >= 15 is 0 Å². The first-order valence-electron chi connectivity index (χ1n) is 10.0. The number of rotatable bonds is 8. The minimum Gasteiger partial charge on any atom is -0.494 e. The smallest absolute Gasteiger partial charge is 0.260 e. The van der Waals surface area contributed by atoms with Crippen molar-refractivity contribution in [3.05, 3.63) is 90.0 Å². The molecule has 0 saturated heterocycles. The third-order valence-corrected chi connectivity index (χ3v) is 4.99. The van der Waals surface area contributed by atoms with Crippen molar-refractivity contribution in [1.82, 2.24) is 0 Å². The van der Waals surface area contributed by atoms with Crippen LogP contribution < -0.4 is 15.4 Å². The van der Waals surface area contributed by atoms with Crippen LogP contribution in [0.15, 0.2) is 78.9 Å². The third-order valence-electron chi connectivity index (χ3n) is 4.99. The van der Waals surface area contributed by atoms with Crippen LogP contribution in [0.4, 0.5) is 11.4 Å². The number of ether oxygens (including phenoxy) is 2. The minimum absolute atomic E-state index is 0.243. The summed E-state index contributed by atoms with van der Waals surface area (Å²) in [6.07, 6.45) is 0. The van der Waals surface area contributed by atoms with E-state index < -0.39 is 5.60 Å². The van der Waals surface area contributed by atoms with Crippen LogP contribution in [0.2, 0.25) is 0 Å². The van der Waals surface area contributed by atoms with E-state index in [2.05, 4.69) is 10.6 Å². The molecule has 3 aromatic carbocycles. The second kappa shape index (κ2) is 9.91. The third kappa shape index (κ3) is 5.29. The van der Waals surface area contributed by atoms with E-state index in [9.17, 15) is 9.59 Å². The molecule has 6 heteroatoms. The van der Waals surface area contributed by atoms with Gasteiger partial charge in [-0.25, -0.2) is 0 Å². The first-order chi connectivity index (χ1) is 15.0. The predicted molar refractivity (Wildman–Crippen MR) is 121 cm³/mol. The van der Waals surface area contributed by atoms with Gasteiger partial charge in [-0.15, -0.1) is 0 Å². The molecular formula is C25H26N2O4. The zero-order chi connectivity index (χ0) is 22.3. The van der Waals surface area contributed by atoms with E-state index in [1.165, 1.54) is 7.11 Å². The van der Waals surface area contributed by atoms with Gasteiger partial charge in [-0.1, -0.05) is 30.3 Å². The topological polar surface area (TPSA) is 76.7 Å². The highest BCUT2D eigenvalue weighted by Gasteiger charge is 2.35. The molecule has 0 aromatic heterocycles. The highest BCUT2D eigenvalue weighted by atomic mass is 16.5. The van der Waals surface area contributed by atoms with Crippen molar-refractivity contribution in [2.45, 2.75) is 19.4 Å². The van der Waals surface area contributed by atoms with Gasteiger partial charge in [0.05, 0.1) is 6.61 Å². The fraction of sp³-hybridized carbons (Fsp3) is 0.200.